The molecule has 4 aromatic rings. The molecular formula is C23H15ClS. The van der Waals surface area contributed by atoms with Crippen LogP contribution in [0.2, 0.25) is 5.02 Å². The van der Waals surface area contributed by atoms with Gasteiger partial charge in [0, 0.05) is 20.2 Å². The molecule has 1 aliphatic rings. The zero-order chi connectivity index (χ0) is 16.8. The fourth-order valence-electron chi connectivity index (χ4n) is 3.58. The first kappa shape index (κ1) is 15.1. The Hall–Kier alpha value is -2.22. The molecule has 0 fully saturated rings. The van der Waals surface area contributed by atoms with Crippen molar-refractivity contribution in [2.24, 2.45) is 0 Å². The third kappa shape index (κ3) is 2.55. The Morgan fingerprint density at radius 2 is 1.56 bits per heavy atom. The molecule has 1 aliphatic heterocycles. The van der Waals surface area contributed by atoms with Gasteiger partial charge in [-0.15, -0.1) is 0 Å². The van der Waals surface area contributed by atoms with Crippen molar-refractivity contribution in [3.63, 3.8) is 0 Å². The van der Waals surface area contributed by atoms with Crippen LogP contribution in [0, 0.1) is 0 Å². The quantitative estimate of drug-likeness (QED) is 0.321. The van der Waals surface area contributed by atoms with E-state index in [1.165, 1.54) is 42.8 Å². The first-order chi connectivity index (χ1) is 12.3. The lowest BCUT2D eigenvalue weighted by Gasteiger charge is -2.21. The largest absolute Gasteiger partial charge is 0.0888 e. The van der Waals surface area contributed by atoms with Crippen molar-refractivity contribution in [1.82, 2.24) is 0 Å². The highest BCUT2D eigenvalue weighted by Crippen LogP contribution is 2.48. The molecule has 0 atom stereocenters. The second-order valence-electron chi connectivity index (χ2n) is 6.36. The van der Waals surface area contributed by atoms with E-state index >= 15 is 0 Å². The van der Waals surface area contributed by atoms with Gasteiger partial charge in [0.25, 0.3) is 0 Å². The number of fused-ring (bicyclic) bond motifs is 2. The number of hydrogen-bond acceptors (Lipinski definition) is 1. The Bertz CT molecular complexity index is 1110. The summed E-state index contributed by atoms with van der Waals surface area (Å²) in [5.74, 6) is 0. The van der Waals surface area contributed by atoms with Gasteiger partial charge >= 0.3 is 0 Å². The van der Waals surface area contributed by atoms with Crippen LogP contribution in [-0.4, -0.2) is 0 Å². The zero-order valence-corrected chi connectivity index (χ0v) is 15.1. The van der Waals surface area contributed by atoms with Crippen LogP contribution < -0.4 is 0 Å². The molecular weight excluding hydrogens is 344 g/mol. The van der Waals surface area contributed by atoms with Gasteiger partial charge in [0.1, 0.15) is 0 Å². The van der Waals surface area contributed by atoms with Gasteiger partial charge in [-0.25, -0.2) is 0 Å². The highest BCUT2D eigenvalue weighted by Gasteiger charge is 2.19. The molecule has 0 unspecified atom stereocenters. The predicted molar refractivity (Wildman–Crippen MR) is 108 cm³/mol. The second kappa shape index (κ2) is 5.94. The summed E-state index contributed by atoms with van der Waals surface area (Å²) in [6, 6.07) is 28.0. The average molecular weight is 359 g/mol. The first-order valence-electron chi connectivity index (χ1n) is 8.36. The van der Waals surface area contributed by atoms with Crippen molar-refractivity contribution in [2.45, 2.75) is 16.2 Å². The molecule has 0 saturated heterocycles. The summed E-state index contributed by atoms with van der Waals surface area (Å²) in [6.07, 6.45) is 0.860. The van der Waals surface area contributed by atoms with Gasteiger partial charge in [-0.2, -0.15) is 0 Å². The SMILES string of the molecule is Clc1ccccc1Cc1ccc2c(c1)Sc1cccc3cccc-2c13. The highest BCUT2D eigenvalue weighted by molar-refractivity contribution is 7.99. The monoisotopic (exact) mass is 358 g/mol. The molecule has 0 N–H and O–H groups in total. The Labute approximate surface area is 156 Å². The summed E-state index contributed by atoms with van der Waals surface area (Å²) in [5, 5.41) is 3.53. The van der Waals surface area contributed by atoms with Crippen LogP contribution >= 0.6 is 23.4 Å². The Morgan fingerprint density at radius 1 is 0.720 bits per heavy atom. The number of halogens is 1. The van der Waals surface area contributed by atoms with E-state index in [4.69, 9.17) is 11.6 Å². The minimum Gasteiger partial charge on any atom is -0.0888 e. The van der Waals surface area contributed by atoms with Crippen LogP contribution in [-0.2, 0) is 6.42 Å². The Balaban J connectivity index is 1.62. The fraction of sp³-hybridized carbons (Fsp3) is 0.0435. The van der Waals surface area contributed by atoms with E-state index in [2.05, 4.69) is 60.7 Å². The third-order valence-corrected chi connectivity index (χ3v) is 6.26. The lowest BCUT2D eigenvalue weighted by Crippen LogP contribution is -1.95. The van der Waals surface area contributed by atoms with Crippen molar-refractivity contribution >= 4 is 34.1 Å². The predicted octanol–water partition coefficient (Wildman–Crippen LogP) is 7.22. The average Bonchev–Trinajstić information content (AvgIpc) is 2.64. The van der Waals surface area contributed by atoms with Crippen LogP contribution in [0.4, 0.5) is 0 Å². The van der Waals surface area contributed by atoms with Crippen molar-refractivity contribution < 1.29 is 0 Å². The molecule has 5 rings (SSSR count). The van der Waals surface area contributed by atoms with E-state index in [-0.39, 0.29) is 0 Å². The van der Waals surface area contributed by atoms with Gasteiger partial charge in [0.2, 0.25) is 0 Å². The standard InChI is InChI=1S/C23H15ClS/c24-20-9-2-1-5-17(20)13-15-11-12-18-19-8-3-6-16-7-4-10-21(23(16)19)25-22(18)14-15/h1-12,14H,13H2. The number of hydrogen-bond donors (Lipinski definition) is 0. The van der Waals surface area contributed by atoms with Gasteiger partial charge in [0.05, 0.1) is 0 Å². The summed E-state index contributed by atoms with van der Waals surface area (Å²) in [7, 11) is 0. The van der Waals surface area contributed by atoms with E-state index in [0.717, 1.165) is 11.4 Å². The molecule has 0 amide bonds. The van der Waals surface area contributed by atoms with E-state index in [1.54, 1.807) is 0 Å². The maximum atomic E-state index is 6.33. The lowest BCUT2D eigenvalue weighted by molar-refractivity contribution is 1.17. The summed E-state index contributed by atoms with van der Waals surface area (Å²) in [5.41, 5.74) is 5.14. The van der Waals surface area contributed by atoms with E-state index in [9.17, 15) is 0 Å². The van der Waals surface area contributed by atoms with Crippen LogP contribution in [0.25, 0.3) is 21.9 Å². The molecule has 0 saturated carbocycles. The van der Waals surface area contributed by atoms with Gasteiger partial charge in [-0.05, 0) is 52.3 Å². The van der Waals surface area contributed by atoms with Gasteiger partial charge in [-0.3, -0.25) is 0 Å². The van der Waals surface area contributed by atoms with Crippen LogP contribution in [0.3, 0.4) is 0 Å². The van der Waals surface area contributed by atoms with E-state index in [0.29, 0.717) is 0 Å². The second-order valence-corrected chi connectivity index (χ2v) is 7.85. The summed E-state index contributed by atoms with van der Waals surface area (Å²) >= 11 is 8.20. The summed E-state index contributed by atoms with van der Waals surface area (Å²) < 4.78 is 0. The smallest absolute Gasteiger partial charge is 0.0441 e. The van der Waals surface area contributed by atoms with Gasteiger partial charge in [-0.1, -0.05) is 84.0 Å². The highest BCUT2D eigenvalue weighted by atomic mass is 35.5. The van der Waals surface area contributed by atoms with Crippen LogP contribution in [0.15, 0.2) is 88.7 Å². The molecule has 120 valence electrons. The molecule has 0 aromatic heterocycles. The van der Waals surface area contributed by atoms with E-state index < -0.39 is 0 Å². The molecule has 2 heteroatoms. The third-order valence-electron chi connectivity index (χ3n) is 4.77. The Morgan fingerprint density at radius 3 is 2.44 bits per heavy atom. The van der Waals surface area contributed by atoms with Gasteiger partial charge in [0.15, 0.2) is 0 Å². The zero-order valence-electron chi connectivity index (χ0n) is 13.5. The lowest BCUT2D eigenvalue weighted by atomic mass is 9.95. The minimum atomic E-state index is 0.836. The molecule has 4 aromatic carbocycles. The van der Waals surface area contributed by atoms with Crippen LogP contribution in [0.5, 0.6) is 0 Å². The topological polar surface area (TPSA) is 0 Å². The molecule has 25 heavy (non-hydrogen) atoms. The van der Waals surface area contributed by atoms with Crippen LogP contribution in [0.1, 0.15) is 11.1 Å². The molecule has 0 radical (unpaired) electrons. The van der Waals surface area contributed by atoms with Crippen molar-refractivity contribution in [3.8, 4) is 11.1 Å². The molecule has 0 bridgehead atoms. The first-order valence-corrected chi connectivity index (χ1v) is 9.55. The Kier molecular flexibility index (Phi) is 3.58. The number of benzene rings is 4. The molecule has 1 heterocycles. The summed E-state index contributed by atoms with van der Waals surface area (Å²) in [4.78, 5) is 2.67. The maximum absolute atomic E-state index is 6.33. The van der Waals surface area contributed by atoms with Crippen molar-refractivity contribution in [2.75, 3.05) is 0 Å². The number of rotatable bonds is 2. The van der Waals surface area contributed by atoms with Crippen molar-refractivity contribution in [1.29, 1.82) is 0 Å². The normalized spacial score (nSPS) is 12.2. The fourth-order valence-corrected chi connectivity index (χ4v) is 4.99. The molecule has 0 aliphatic carbocycles. The maximum Gasteiger partial charge on any atom is 0.0441 e. The minimum absolute atomic E-state index is 0.836. The van der Waals surface area contributed by atoms with E-state index in [1.807, 2.05) is 30.0 Å². The molecule has 0 nitrogen and oxygen atoms in total. The van der Waals surface area contributed by atoms with Gasteiger partial charge < -0.3 is 0 Å². The summed E-state index contributed by atoms with van der Waals surface area (Å²) in [6.45, 7) is 0. The van der Waals surface area contributed by atoms with Crippen molar-refractivity contribution in [3.05, 3.63) is 95.0 Å². The molecule has 0 spiro atoms.